The molecule has 0 bridgehead atoms. The van der Waals surface area contributed by atoms with Crippen LogP contribution in [0.1, 0.15) is 31.7 Å². The molecule has 1 fully saturated rings. The van der Waals surface area contributed by atoms with Gasteiger partial charge in [0, 0.05) is 32.4 Å². The quantitative estimate of drug-likeness (QED) is 0.751. The lowest BCUT2D eigenvalue weighted by atomic mass is 9.96. The monoisotopic (exact) mass is 251 g/mol. The van der Waals surface area contributed by atoms with Crippen LogP contribution in [0.5, 0.6) is 0 Å². The van der Waals surface area contributed by atoms with E-state index in [-0.39, 0.29) is 0 Å². The molecule has 1 aliphatic rings. The van der Waals surface area contributed by atoms with E-state index in [9.17, 15) is 0 Å². The van der Waals surface area contributed by atoms with Crippen LogP contribution in [0.15, 0.2) is 12.4 Å². The summed E-state index contributed by atoms with van der Waals surface area (Å²) in [6.45, 7) is 4.65. The van der Waals surface area contributed by atoms with Crippen molar-refractivity contribution in [1.82, 2.24) is 15.1 Å². The van der Waals surface area contributed by atoms with E-state index in [4.69, 9.17) is 4.74 Å². The third kappa shape index (κ3) is 3.82. The summed E-state index contributed by atoms with van der Waals surface area (Å²) in [4.78, 5) is 0. The Morgan fingerprint density at radius 1 is 1.50 bits per heavy atom. The molecule has 0 aliphatic heterocycles. The zero-order valence-electron chi connectivity index (χ0n) is 11.6. The predicted molar refractivity (Wildman–Crippen MR) is 72.5 cm³/mol. The number of aryl methyl sites for hydroxylation is 1. The molecular formula is C14H25N3O. The molecule has 2 rings (SSSR count). The number of hydrogen-bond acceptors (Lipinski definition) is 3. The van der Waals surface area contributed by atoms with Crippen LogP contribution >= 0.6 is 0 Å². The lowest BCUT2D eigenvalue weighted by molar-refractivity contribution is 0.145. The van der Waals surface area contributed by atoms with Gasteiger partial charge in [-0.3, -0.25) is 4.68 Å². The van der Waals surface area contributed by atoms with E-state index in [1.54, 1.807) is 0 Å². The van der Waals surface area contributed by atoms with Gasteiger partial charge in [0.1, 0.15) is 0 Å². The molecule has 18 heavy (non-hydrogen) atoms. The third-order valence-electron chi connectivity index (χ3n) is 3.77. The van der Waals surface area contributed by atoms with Gasteiger partial charge in [0.15, 0.2) is 0 Å². The molecule has 0 aromatic carbocycles. The molecule has 102 valence electrons. The molecule has 4 heteroatoms. The maximum atomic E-state index is 5.37. The highest BCUT2D eigenvalue weighted by Crippen LogP contribution is 2.28. The van der Waals surface area contributed by atoms with Crippen molar-refractivity contribution < 1.29 is 4.74 Å². The number of nitrogens with zero attached hydrogens (tertiary/aromatic N) is 2. The molecule has 1 aliphatic carbocycles. The summed E-state index contributed by atoms with van der Waals surface area (Å²) in [5.74, 6) is 0.760. The van der Waals surface area contributed by atoms with Crippen molar-refractivity contribution in [2.75, 3.05) is 19.8 Å². The van der Waals surface area contributed by atoms with Gasteiger partial charge in [-0.25, -0.2) is 0 Å². The van der Waals surface area contributed by atoms with Gasteiger partial charge in [-0.2, -0.15) is 5.10 Å². The maximum Gasteiger partial charge on any atom is 0.0590 e. The van der Waals surface area contributed by atoms with Crippen molar-refractivity contribution >= 4 is 0 Å². The number of rotatable bonds is 7. The van der Waals surface area contributed by atoms with E-state index in [1.807, 2.05) is 24.9 Å². The van der Waals surface area contributed by atoms with Crippen molar-refractivity contribution in [2.45, 2.75) is 38.6 Å². The van der Waals surface area contributed by atoms with Gasteiger partial charge in [0.2, 0.25) is 0 Å². The van der Waals surface area contributed by atoms with Gasteiger partial charge >= 0.3 is 0 Å². The van der Waals surface area contributed by atoms with Crippen molar-refractivity contribution in [3.63, 3.8) is 0 Å². The molecule has 1 saturated carbocycles. The summed E-state index contributed by atoms with van der Waals surface area (Å²) in [5, 5.41) is 7.89. The highest BCUT2D eigenvalue weighted by molar-refractivity contribution is 5.06. The minimum atomic E-state index is 0.658. The molecule has 0 spiro atoms. The van der Waals surface area contributed by atoms with Crippen LogP contribution in [0.2, 0.25) is 0 Å². The first kappa shape index (κ1) is 13.6. The lowest BCUT2D eigenvalue weighted by Gasteiger charge is -2.20. The van der Waals surface area contributed by atoms with Gasteiger partial charge < -0.3 is 10.1 Å². The second-order valence-corrected chi connectivity index (χ2v) is 5.17. The standard InChI is InChI=1S/C14H25N3O/c1-3-18-8-7-15-14-6-4-5-13(14)9-12-10-16-17(2)11-12/h10-11,13-15H,3-9H2,1-2H3. The largest absolute Gasteiger partial charge is 0.380 e. The van der Waals surface area contributed by atoms with E-state index in [1.165, 1.54) is 24.8 Å². The zero-order chi connectivity index (χ0) is 12.8. The molecule has 2 unspecified atom stereocenters. The summed E-state index contributed by atoms with van der Waals surface area (Å²) in [5.41, 5.74) is 1.36. The molecule has 1 aromatic rings. The smallest absolute Gasteiger partial charge is 0.0590 e. The normalized spacial score (nSPS) is 23.7. The van der Waals surface area contributed by atoms with E-state index >= 15 is 0 Å². The molecule has 0 saturated heterocycles. The zero-order valence-corrected chi connectivity index (χ0v) is 11.6. The number of ether oxygens (including phenoxy) is 1. The van der Waals surface area contributed by atoms with Crippen molar-refractivity contribution in [2.24, 2.45) is 13.0 Å². The van der Waals surface area contributed by atoms with E-state index < -0.39 is 0 Å². The van der Waals surface area contributed by atoms with E-state index in [0.717, 1.165) is 32.1 Å². The Morgan fingerprint density at radius 2 is 2.39 bits per heavy atom. The lowest BCUT2D eigenvalue weighted by Crippen LogP contribution is -2.35. The Kier molecular flexibility index (Phi) is 5.20. The first-order valence-corrected chi connectivity index (χ1v) is 7.08. The molecule has 2 atom stereocenters. The second kappa shape index (κ2) is 6.90. The molecule has 1 heterocycles. The summed E-state index contributed by atoms with van der Waals surface area (Å²) < 4.78 is 7.27. The molecule has 0 radical (unpaired) electrons. The van der Waals surface area contributed by atoms with Crippen LogP contribution in [0.3, 0.4) is 0 Å². The van der Waals surface area contributed by atoms with Crippen molar-refractivity contribution in [3.8, 4) is 0 Å². The van der Waals surface area contributed by atoms with Gasteiger partial charge in [0.25, 0.3) is 0 Å². The topological polar surface area (TPSA) is 39.1 Å². The Morgan fingerprint density at radius 3 is 3.11 bits per heavy atom. The second-order valence-electron chi connectivity index (χ2n) is 5.17. The fourth-order valence-corrected chi connectivity index (χ4v) is 2.89. The number of nitrogens with one attached hydrogen (secondary N) is 1. The SMILES string of the molecule is CCOCCNC1CCCC1Cc1cnn(C)c1. The number of hydrogen-bond donors (Lipinski definition) is 1. The van der Waals surface area contributed by atoms with Crippen molar-refractivity contribution in [3.05, 3.63) is 18.0 Å². The molecule has 1 aromatic heterocycles. The van der Waals surface area contributed by atoms with Gasteiger partial charge in [-0.1, -0.05) is 6.42 Å². The third-order valence-corrected chi connectivity index (χ3v) is 3.77. The molecular weight excluding hydrogens is 226 g/mol. The van der Waals surface area contributed by atoms with E-state index in [2.05, 4.69) is 16.6 Å². The average Bonchev–Trinajstić information content (AvgIpc) is 2.95. The Labute approximate surface area is 110 Å². The van der Waals surface area contributed by atoms with Crippen LogP contribution in [0.25, 0.3) is 0 Å². The van der Waals surface area contributed by atoms with Crippen molar-refractivity contribution in [1.29, 1.82) is 0 Å². The molecule has 4 nitrogen and oxygen atoms in total. The van der Waals surface area contributed by atoms with Gasteiger partial charge in [0.05, 0.1) is 12.8 Å². The Balaban J connectivity index is 1.76. The summed E-state index contributed by atoms with van der Waals surface area (Å²) in [6.07, 6.45) is 9.26. The fourth-order valence-electron chi connectivity index (χ4n) is 2.89. The van der Waals surface area contributed by atoms with Crippen LogP contribution in [0.4, 0.5) is 0 Å². The van der Waals surface area contributed by atoms with E-state index in [0.29, 0.717) is 6.04 Å². The summed E-state index contributed by atoms with van der Waals surface area (Å²) in [7, 11) is 1.98. The Bertz CT molecular complexity index is 351. The number of aromatic nitrogens is 2. The summed E-state index contributed by atoms with van der Waals surface area (Å²) in [6, 6.07) is 0.658. The van der Waals surface area contributed by atoms with Gasteiger partial charge in [-0.15, -0.1) is 0 Å². The highest BCUT2D eigenvalue weighted by Gasteiger charge is 2.26. The minimum absolute atomic E-state index is 0.658. The van der Waals surface area contributed by atoms with Crippen LogP contribution in [-0.4, -0.2) is 35.6 Å². The van der Waals surface area contributed by atoms with Crippen LogP contribution in [-0.2, 0) is 18.2 Å². The highest BCUT2D eigenvalue weighted by atomic mass is 16.5. The maximum absolute atomic E-state index is 5.37. The Hall–Kier alpha value is -0.870. The first-order chi connectivity index (χ1) is 8.79. The predicted octanol–water partition coefficient (Wildman–Crippen LogP) is 1.76. The minimum Gasteiger partial charge on any atom is -0.380 e. The summed E-state index contributed by atoms with van der Waals surface area (Å²) >= 11 is 0. The molecule has 1 N–H and O–H groups in total. The fraction of sp³-hybridized carbons (Fsp3) is 0.786. The average molecular weight is 251 g/mol. The van der Waals surface area contributed by atoms with Crippen LogP contribution < -0.4 is 5.32 Å². The van der Waals surface area contributed by atoms with Gasteiger partial charge in [-0.05, 0) is 37.7 Å². The first-order valence-electron chi connectivity index (χ1n) is 7.08. The molecule has 0 amide bonds. The van der Waals surface area contributed by atoms with Crippen LogP contribution in [0, 0.1) is 5.92 Å².